The molecule has 0 aromatic carbocycles. The molecule has 6 heteroatoms. The quantitative estimate of drug-likeness (QED) is 0.620. The van der Waals surface area contributed by atoms with Crippen molar-refractivity contribution < 1.29 is 19.8 Å². The summed E-state index contributed by atoms with van der Waals surface area (Å²) in [6.45, 7) is 0. The molecule has 0 fully saturated rings. The van der Waals surface area contributed by atoms with E-state index < -0.39 is 18.0 Å². The van der Waals surface area contributed by atoms with Crippen molar-refractivity contribution in [3.63, 3.8) is 0 Å². The van der Waals surface area contributed by atoms with E-state index in [9.17, 15) is 9.59 Å². The van der Waals surface area contributed by atoms with Gasteiger partial charge in [-0.3, -0.25) is 9.78 Å². The van der Waals surface area contributed by atoms with Crippen LogP contribution in [0.15, 0.2) is 18.3 Å². The molecule has 0 aliphatic rings. The molecule has 1 aromatic heterocycles. The predicted octanol–water partition coefficient (Wildman–Crippen LogP) is -0.136. The number of aromatic carboxylic acids is 1. The second kappa shape index (κ2) is 3.84. The zero-order chi connectivity index (χ0) is 10.7. The van der Waals surface area contributed by atoms with Crippen LogP contribution in [0.25, 0.3) is 0 Å². The highest BCUT2D eigenvalue weighted by Crippen LogP contribution is 2.13. The predicted molar refractivity (Wildman–Crippen MR) is 45.8 cm³/mol. The van der Waals surface area contributed by atoms with Crippen molar-refractivity contribution in [2.45, 2.75) is 6.04 Å². The Morgan fingerprint density at radius 2 is 2.07 bits per heavy atom. The number of hydrogen-bond acceptors (Lipinski definition) is 4. The van der Waals surface area contributed by atoms with Crippen molar-refractivity contribution in [1.82, 2.24) is 4.98 Å². The molecule has 6 nitrogen and oxygen atoms in total. The Hall–Kier alpha value is -1.95. The average Bonchev–Trinajstić information content (AvgIpc) is 2.16. The first-order chi connectivity index (χ1) is 6.54. The van der Waals surface area contributed by atoms with Gasteiger partial charge in [0.1, 0.15) is 6.04 Å². The lowest BCUT2D eigenvalue weighted by Gasteiger charge is -2.07. The number of aliphatic carboxylic acids is 1. The summed E-state index contributed by atoms with van der Waals surface area (Å²) in [7, 11) is 0. The van der Waals surface area contributed by atoms with E-state index in [1.54, 1.807) is 0 Å². The first kappa shape index (κ1) is 10.1. The van der Waals surface area contributed by atoms with Crippen LogP contribution in [-0.2, 0) is 4.79 Å². The minimum absolute atomic E-state index is 0.146. The van der Waals surface area contributed by atoms with E-state index in [-0.39, 0.29) is 11.3 Å². The third-order valence-corrected chi connectivity index (χ3v) is 1.63. The first-order valence-electron chi connectivity index (χ1n) is 3.70. The van der Waals surface area contributed by atoms with Crippen molar-refractivity contribution in [2.75, 3.05) is 0 Å². The summed E-state index contributed by atoms with van der Waals surface area (Å²) >= 11 is 0. The molecule has 0 bridgehead atoms. The number of rotatable bonds is 3. The van der Waals surface area contributed by atoms with Gasteiger partial charge in [-0.2, -0.15) is 0 Å². The molecule has 1 atom stereocenters. The van der Waals surface area contributed by atoms with Gasteiger partial charge in [-0.15, -0.1) is 0 Å². The topological polar surface area (TPSA) is 114 Å². The highest BCUT2D eigenvalue weighted by Gasteiger charge is 2.22. The fourth-order valence-corrected chi connectivity index (χ4v) is 0.963. The molecular weight excluding hydrogens is 188 g/mol. The van der Waals surface area contributed by atoms with Gasteiger partial charge in [-0.05, 0) is 12.1 Å². The zero-order valence-corrected chi connectivity index (χ0v) is 7.04. The molecular formula is C8H8N2O4. The first-order valence-corrected chi connectivity index (χ1v) is 3.70. The summed E-state index contributed by atoms with van der Waals surface area (Å²) in [5, 5.41) is 17.3. The number of carbonyl (C=O) groups is 2. The molecule has 1 aromatic rings. The fourth-order valence-electron chi connectivity index (χ4n) is 0.963. The summed E-state index contributed by atoms with van der Waals surface area (Å²) in [6, 6.07) is 1.25. The molecule has 0 radical (unpaired) electrons. The maximum absolute atomic E-state index is 10.7. The summed E-state index contributed by atoms with van der Waals surface area (Å²) in [5.41, 5.74) is 4.91. The summed E-state index contributed by atoms with van der Waals surface area (Å²) < 4.78 is 0. The molecule has 74 valence electrons. The largest absolute Gasteiger partial charge is 0.480 e. The lowest BCUT2D eigenvalue weighted by atomic mass is 10.1. The fraction of sp³-hybridized carbons (Fsp3) is 0.125. The number of aromatic nitrogens is 1. The van der Waals surface area contributed by atoms with E-state index in [0.29, 0.717) is 0 Å². The highest BCUT2D eigenvalue weighted by molar-refractivity contribution is 5.91. The standard InChI is InChI=1S/C8H8N2O4/c9-5(8(13)14)6-4(7(11)12)2-1-3-10-6/h1-3,5H,9H2,(H,11,12)(H,13,14)/t5-/m0/s1. The molecule has 0 aliphatic heterocycles. The van der Waals surface area contributed by atoms with Crippen molar-refractivity contribution >= 4 is 11.9 Å². The molecule has 0 aliphatic carbocycles. The molecule has 0 amide bonds. The van der Waals surface area contributed by atoms with Crippen LogP contribution in [0.5, 0.6) is 0 Å². The molecule has 4 N–H and O–H groups in total. The number of nitrogens with two attached hydrogens (primary N) is 1. The van der Waals surface area contributed by atoms with Crippen LogP contribution in [0.1, 0.15) is 22.1 Å². The van der Waals surface area contributed by atoms with Crippen LogP contribution < -0.4 is 5.73 Å². The van der Waals surface area contributed by atoms with Crippen molar-refractivity contribution in [1.29, 1.82) is 0 Å². The normalized spacial score (nSPS) is 12.1. The number of carboxylic acids is 2. The molecule has 0 spiro atoms. The lowest BCUT2D eigenvalue weighted by Crippen LogP contribution is -2.24. The molecule has 0 saturated heterocycles. The van der Waals surface area contributed by atoms with Crippen molar-refractivity contribution in [3.8, 4) is 0 Å². The van der Waals surface area contributed by atoms with Gasteiger partial charge in [0.2, 0.25) is 0 Å². The SMILES string of the molecule is N[C@H](C(=O)O)c1ncccc1C(=O)O. The van der Waals surface area contributed by atoms with Crippen LogP contribution in [0.3, 0.4) is 0 Å². The molecule has 14 heavy (non-hydrogen) atoms. The van der Waals surface area contributed by atoms with E-state index in [1.807, 2.05) is 0 Å². The number of nitrogens with zero attached hydrogens (tertiary/aromatic N) is 1. The van der Waals surface area contributed by atoms with Crippen molar-refractivity contribution in [3.05, 3.63) is 29.6 Å². The third kappa shape index (κ3) is 1.86. The van der Waals surface area contributed by atoms with Crippen LogP contribution >= 0.6 is 0 Å². The van der Waals surface area contributed by atoms with Gasteiger partial charge >= 0.3 is 11.9 Å². The summed E-state index contributed by atoms with van der Waals surface area (Å²) in [5.74, 6) is -2.56. The maximum atomic E-state index is 10.7. The van der Waals surface area contributed by atoms with Crippen LogP contribution in [0, 0.1) is 0 Å². The average molecular weight is 196 g/mol. The van der Waals surface area contributed by atoms with E-state index >= 15 is 0 Å². The maximum Gasteiger partial charge on any atom is 0.337 e. The Balaban J connectivity index is 3.19. The zero-order valence-electron chi connectivity index (χ0n) is 7.04. The molecule has 0 unspecified atom stereocenters. The van der Waals surface area contributed by atoms with E-state index in [1.165, 1.54) is 18.3 Å². The van der Waals surface area contributed by atoms with Gasteiger partial charge < -0.3 is 15.9 Å². The highest BCUT2D eigenvalue weighted by atomic mass is 16.4. The Morgan fingerprint density at radius 1 is 1.43 bits per heavy atom. The smallest absolute Gasteiger partial charge is 0.337 e. The van der Waals surface area contributed by atoms with E-state index in [4.69, 9.17) is 15.9 Å². The molecule has 1 rings (SSSR count). The lowest BCUT2D eigenvalue weighted by molar-refractivity contribution is -0.138. The van der Waals surface area contributed by atoms with Gasteiger partial charge in [0.15, 0.2) is 0 Å². The second-order valence-electron chi connectivity index (χ2n) is 2.56. The van der Waals surface area contributed by atoms with E-state index in [0.717, 1.165) is 0 Å². The Morgan fingerprint density at radius 3 is 2.57 bits per heavy atom. The monoisotopic (exact) mass is 196 g/mol. The Bertz CT molecular complexity index is 377. The van der Waals surface area contributed by atoms with E-state index in [2.05, 4.69) is 4.98 Å². The Labute approximate surface area is 79.0 Å². The van der Waals surface area contributed by atoms with Gasteiger partial charge in [0, 0.05) is 6.20 Å². The molecule has 0 saturated carbocycles. The minimum Gasteiger partial charge on any atom is -0.480 e. The molecule has 1 heterocycles. The second-order valence-corrected chi connectivity index (χ2v) is 2.56. The Kier molecular flexibility index (Phi) is 2.78. The third-order valence-electron chi connectivity index (χ3n) is 1.63. The van der Waals surface area contributed by atoms with Gasteiger partial charge in [-0.1, -0.05) is 0 Å². The van der Waals surface area contributed by atoms with Crippen LogP contribution in [-0.4, -0.2) is 27.1 Å². The number of hydrogen-bond donors (Lipinski definition) is 3. The number of carboxylic acid groups (broad SMARTS) is 2. The summed E-state index contributed by atoms with van der Waals surface area (Å²) in [6.07, 6.45) is 1.30. The van der Waals surface area contributed by atoms with Gasteiger partial charge in [0.25, 0.3) is 0 Å². The summed E-state index contributed by atoms with van der Waals surface area (Å²) in [4.78, 5) is 24.8. The van der Waals surface area contributed by atoms with Crippen LogP contribution in [0.2, 0.25) is 0 Å². The minimum atomic E-state index is -1.41. The van der Waals surface area contributed by atoms with Gasteiger partial charge in [0.05, 0.1) is 11.3 Å². The van der Waals surface area contributed by atoms with Gasteiger partial charge in [-0.25, -0.2) is 4.79 Å². The van der Waals surface area contributed by atoms with Crippen LogP contribution in [0.4, 0.5) is 0 Å². The van der Waals surface area contributed by atoms with Crippen molar-refractivity contribution in [2.24, 2.45) is 5.73 Å². The number of pyridine rings is 1.